The number of nitrogens with one attached hydrogen (secondary N) is 1. The molecule has 1 amide bonds. The molecule has 1 fully saturated rings. The maximum absolute atomic E-state index is 13.4. The van der Waals surface area contributed by atoms with Crippen LogP contribution in [0.5, 0.6) is 0 Å². The average Bonchev–Trinajstić information content (AvgIpc) is 3.51. The molecule has 6 nitrogen and oxygen atoms in total. The third kappa shape index (κ3) is 4.09. The third-order valence-corrected chi connectivity index (χ3v) is 7.25. The number of furan rings is 1. The van der Waals surface area contributed by atoms with Gasteiger partial charge in [-0.25, -0.2) is 12.8 Å². The lowest BCUT2D eigenvalue weighted by Crippen LogP contribution is -2.18. The van der Waals surface area contributed by atoms with Gasteiger partial charge in [0.05, 0.1) is 10.8 Å². The fourth-order valence-electron chi connectivity index (χ4n) is 4.07. The molecule has 2 N–H and O–H groups in total. The fraction of sp³-hybridized carbons (Fsp3) is 0.348. The smallest absolute Gasteiger partial charge is 0.255 e. The van der Waals surface area contributed by atoms with Gasteiger partial charge >= 0.3 is 0 Å². The first kappa shape index (κ1) is 21.5. The van der Waals surface area contributed by atoms with Crippen molar-refractivity contribution in [3.63, 3.8) is 0 Å². The second-order valence-electron chi connectivity index (χ2n) is 7.97. The molecular formula is C23H24FNO5S. The molecule has 1 aliphatic rings. The van der Waals surface area contributed by atoms with E-state index in [-0.39, 0.29) is 24.9 Å². The number of hydrogen-bond acceptors (Lipinski definition) is 5. The number of carbonyl (C=O) groups is 1. The van der Waals surface area contributed by atoms with Gasteiger partial charge in [0, 0.05) is 30.9 Å². The van der Waals surface area contributed by atoms with Crippen molar-refractivity contribution in [1.82, 2.24) is 5.32 Å². The molecule has 0 bridgehead atoms. The Kier molecular flexibility index (Phi) is 5.61. The quantitative estimate of drug-likeness (QED) is 0.574. The first-order valence-electron chi connectivity index (χ1n) is 10.1. The Labute approximate surface area is 180 Å². The van der Waals surface area contributed by atoms with E-state index in [9.17, 15) is 22.7 Å². The highest BCUT2D eigenvalue weighted by atomic mass is 32.2. The topological polar surface area (TPSA) is 96.6 Å². The predicted molar refractivity (Wildman–Crippen MR) is 116 cm³/mol. The van der Waals surface area contributed by atoms with E-state index in [1.807, 2.05) is 6.07 Å². The number of sulfone groups is 1. The molecular weight excluding hydrogens is 421 g/mol. The van der Waals surface area contributed by atoms with Crippen molar-refractivity contribution in [2.24, 2.45) is 0 Å². The summed E-state index contributed by atoms with van der Waals surface area (Å²) < 4.78 is 44.4. The summed E-state index contributed by atoms with van der Waals surface area (Å²) in [6, 6.07) is 9.18. The van der Waals surface area contributed by atoms with Crippen molar-refractivity contribution in [2.75, 3.05) is 19.9 Å². The van der Waals surface area contributed by atoms with Crippen LogP contribution >= 0.6 is 0 Å². The number of aliphatic hydroxyl groups excluding tert-OH is 1. The maximum Gasteiger partial charge on any atom is 0.255 e. The Morgan fingerprint density at radius 3 is 2.48 bits per heavy atom. The zero-order valence-electron chi connectivity index (χ0n) is 17.3. The summed E-state index contributed by atoms with van der Waals surface area (Å²) in [7, 11) is -1.96. The summed E-state index contributed by atoms with van der Waals surface area (Å²) in [6.45, 7) is -0.262. The van der Waals surface area contributed by atoms with Gasteiger partial charge in [0.25, 0.3) is 5.91 Å². The standard InChI is InChI=1S/C23H24FNO5S/c1-25-23(27)21-18-11-16(13-3-4-13)17(20(9-10-26)31(2,28)29)12-19(18)30-22(21)14-5-7-15(24)8-6-14/h5-8,11-13,20,26H,3-4,9-10H2,1-2H3,(H,25,27)/t20-/m0/s1. The first-order valence-corrected chi connectivity index (χ1v) is 12.1. The Bertz CT molecular complexity index is 1240. The third-order valence-electron chi connectivity index (χ3n) is 5.73. The molecule has 31 heavy (non-hydrogen) atoms. The van der Waals surface area contributed by atoms with Crippen molar-refractivity contribution >= 4 is 26.7 Å². The molecule has 0 radical (unpaired) electrons. The number of hydrogen-bond donors (Lipinski definition) is 2. The van der Waals surface area contributed by atoms with Gasteiger partial charge in [-0.1, -0.05) is 0 Å². The van der Waals surface area contributed by atoms with Crippen LogP contribution in [0.25, 0.3) is 22.3 Å². The molecule has 4 rings (SSSR count). The summed E-state index contributed by atoms with van der Waals surface area (Å²) in [5, 5.41) is 11.8. The maximum atomic E-state index is 13.4. The van der Waals surface area contributed by atoms with Gasteiger partial charge in [-0.15, -0.1) is 0 Å². The predicted octanol–water partition coefficient (Wildman–Crippen LogP) is 3.94. The Morgan fingerprint density at radius 1 is 1.26 bits per heavy atom. The number of amides is 1. The van der Waals surface area contributed by atoms with Gasteiger partial charge in [-0.2, -0.15) is 0 Å². The summed E-state index contributed by atoms with van der Waals surface area (Å²) >= 11 is 0. The fourth-order valence-corrected chi connectivity index (χ4v) is 5.27. The zero-order chi connectivity index (χ0) is 22.3. The summed E-state index contributed by atoms with van der Waals surface area (Å²) in [5.74, 6) is -0.238. The molecule has 1 aromatic heterocycles. The molecule has 1 saturated carbocycles. The monoisotopic (exact) mass is 445 g/mol. The Balaban J connectivity index is 2.00. The average molecular weight is 446 g/mol. The summed E-state index contributed by atoms with van der Waals surface area (Å²) in [6.07, 6.45) is 3.12. The van der Waals surface area contributed by atoms with Gasteiger partial charge in [0.15, 0.2) is 9.84 Å². The molecule has 0 spiro atoms. The summed E-state index contributed by atoms with van der Waals surface area (Å²) in [5.41, 5.74) is 2.72. The molecule has 1 heterocycles. The lowest BCUT2D eigenvalue weighted by molar-refractivity contribution is 0.0964. The molecule has 1 atom stereocenters. The number of fused-ring (bicyclic) bond motifs is 1. The molecule has 0 unspecified atom stereocenters. The SMILES string of the molecule is CNC(=O)c1c(-c2ccc(F)cc2)oc2cc([C@H](CCO)S(C)(=O)=O)c(C3CC3)cc12. The van der Waals surface area contributed by atoms with Crippen LogP contribution in [0, 0.1) is 5.82 Å². The highest BCUT2D eigenvalue weighted by Gasteiger charge is 2.34. The number of halogens is 1. The second-order valence-corrected chi connectivity index (χ2v) is 10.2. The molecule has 8 heteroatoms. The van der Waals surface area contributed by atoms with Crippen molar-refractivity contribution in [3.8, 4) is 11.3 Å². The molecule has 3 aromatic rings. The highest BCUT2D eigenvalue weighted by molar-refractivity contribution is 7.90. The Hall–Kier alpha value is -2.71. The zero-order valence-corrected chi connectivity index (χ0v) is 18.1. The number of benzene rings is 2. The van der Waals surface area contributed by atoms with Gasteiger partial charge in [0.2, 0.25) is 0 Å². The van der Waals surface area contributed by atoms with Crippen molar-refractivity contribution in [3.05, 3.63) is 58.9 Å². The van der Waals surface area contributed by atoms with E-state index < -0.39 is 20.9 Å². The van der Waals surface area contributed by atoms with Crippen LogP contribution in [0.1, 0.15) is 51.9 Å². The molecule has 164 valence electrons. The number of aliphatic hydroxyl groups is 1. The van der Waals surface area contributed by atoms with E-state index in [1.165, 1.54) is 31.3 Å². The van der Waals surface area contributed by atoms with E-state index in [0.717, 1.165) is 24.7 Å². The minimum absolute atomic E-state index is 0.0812. The molecule has 2 aromatic carbocycles. The van der Waals surface area contributed by atoms with E-state index in [0.29, 0.717) is 33.4 Å². The van der Waals surface area contributed by atoms with Crippen molar-refractivity contribution < 1.29 is 27.1 Å². The van der Waals surface area contributed by atoms with Gasteiger partial charge in [-0.05, 0) is 72.7 Å². The molecule has 0 saturated heterocycles. The van der Waals surface area contributed by atoms with Gasteiger partial charge in [0.1, 0.15) is 17.2 Å². The number of rotatable bonds is 7. The van der Waals surface area contributed by atoms with E-state index in [1.54, 1.807) is 6.07 Å². The van der Waals surface area contributed by atoms with Crippen LogP contribution in [0.3, 0.4) is 0 Å². The van der Waals surface area contributed by atoms with Crippen LogP contribution in [0.2, 0.25) is 0 Å². The summed E-state index contributed by atoms with van der Waals surface area (Å²) in [4.78, 5) is 12.8. The van der Waals surface area contributed by atoms with Crippen molar-refractivity contribution in [1.29, 1.82) is 0 Å². The number of carbonyl (C=O) groups excluding carboxylic acids is 1. The first-order chi connectivity index (χ1) is 14.7. The van der Waals surface area contributed by atoms with Crippen LogP contribution in [-0.4, -0.2) is 39.3 Å². The van der Waals surface area contributed by atoms with Gasteiger partial charge in [-0.3, -0.25) is 4.79 Å². The van der Waals surface area contributed by atoms with Gasteiger partial charge < -0.3 is 14.8 Å². The van der Waals surface area contributed by atoms with E-state index in [4.69, 9.17) is 4.42 Å². The van der Waals surface area contributed by atoms with Crippen molar-refractivity contribution in [2.45, 2.75) is 30.4 Å². The molecule has 0 aliphatic heterocycles. The van der Waals surface area contributed by atoms with E-state index >= 15 is 0 Å². The minimum atomic E-state index is -3.48. The van der Waals surface area contributed by atoms with E-state index in [2.05, 4.69) is 5.32 Å². The Morgan fingerprint density at radius 2 is 1.94 bits per heavy atom. The van der Waals surface area contributed by atoms with Crippen LogP contribution in [0.15, 0.2) is 40.8 Å². The molecule has 1 aliphatic carbocycles. The highest BCUT2D eigenvalue weighted by Crippen LogP contribution is 2.47. The minimum Gasteiger partial charge on any atom is -0.455 e. The van der Waals surface area contributed by atoms with Crippen LogP contribution in [0.4, 0.5) is 4.39 Å². The lowest BCUT2D eigenvalue weighted by atomic mass is 9.95. The second kappa shape index (κ2) is 8.09. The lowest BCUT2D eigenvalue weighted by Gasteiger charge is -2.18. The normalized spacial score (nSPS) is 15.2. The van der Waals surface area contributed by atoms with Crippen LogP contribution < -0.4 is 5.32 Å². The largest absolute Gasteiger partial charge is 0.455 e. The van der Waals surface area contributed by atoms with Crippen LogP contribution in [-0.2, 0) is 9.84 Å².